The van der Waals surface area contributed by atoms with Crippen molar-refractivity contribution in [3.63, 3.8) is 0 Å². The summed E-state index contributed by atoms with van der Waals surface area (Å²) in [6.45, 7) is 10.7. The molecule has 0 aliphatic carbocycles. The van der Waals surface area contributed by atoms with Crippen molar-refractivity contribution in [1.82, 2.24) is 10.2 Å². The third-order valence-electron chi connectivity index (χ3n) is 3.65. The number of piperidine rings is 1. The summed E-state index contributed by atoms with van der Waals surface area (Å²) in [7, 11) is 0. The third kappa shape index (κ3) is 4.12. The molecule has 0 aromatic heterocycles. The highest BCUT2D eigenvalue weighted by Gasteiger charge is 2.22. The molecule has 1 N–H and O–H groups in total. The van der Waals surface area contributed by atoms with Crippen LogP contribution in [0.4, 0.5) is 0 Å². The molecule has 0 saturated carbocycles. The minimum atomic E-state index is 0.683. The molecule has 1 heterocycles. The standard InChI is InChI=1S/C13H28N2/c1-4-9-14-13(5-2)12(3)15-10-7-6-8-11-15/h12-14H,4-11H2,1-3H3. The van der Waals surface area contributed by atoms with Gasteiger partial charge in [0.2, 0.25) is 0 Å². The summed E-state index contributed by atoms with van der Waals surface area (Å²) in [6, 6.07) is 1.39. The van der Waals surface area contributed by atoms with Gasteiger partial charge in [0.15, 0.2) is 0 Å². The van der Waals surface area contributed by atoms with Gasteiger partial charge < -0.3 is 5.32 Å². The molecule has 1 aliphatic rings. The van der Waals surface area contributed by atoms with Crippen molar-refractivity contribution in [1.29, 1.82) is 0 Å². The largest absolute Gasteiger partial charge is 0.312 e. The Bertz CT molecular complexity index is 153. The highest BCUT2D eigenvalue weighted by Crippen LogP contribution is 2.15. The first-order valence-electron chi connectivity index (χ1n) is 6.77. The molecule has 2 nitrogen and oxygen atoms in total. The Balaban J connectivity index is 2.36. The van der Waals surface area contributed by atoms with Crippen LogP contribution in [-0.4, -0.2) is 36.6 Å². The SMILES string of the molecule is CCCNC(CC)C(C)N1CCCCC1. The second-order valence-corrected chi connectivity index (χ2v) is 4.81. The quantitative estimate of drug-likeness (QED) is 0.728. The number of hydrogen-bond donors (Lipinski definition) is 1. The summed E-state index contributed by atoms with van der Waals surface area (Å²) in [6.07, 6.45) is 6.71. The van der Waals surface area contributed by atoms with Crippen molar-refractivity contribution in [2.24, 2.45) is 0 Å². The first-order valence-corrected chi connectivity index (χ1v) is 6.77. The number of likely N-dealkylation sites (tertiary alicyclic amines) is 1. The van der Waals surface area contributed by atoms with Gasteiger partial charge in [-0.15, -0.1) is 0 Å². The molecule has 0 aromatic rings. The Kier molecular flexibility index (Phi) is 6.26. The van der Waals surface area contributed by atoms with Crippen LogP contribution >= 0.6 is 0 Å². The fourth-order valence-corrected chi connectivity index (χ4v) is 2.57. The van der Waals surface area contributed by atoms with E-state index in [-0.39, 0.29) is 0 Å². The molecule has 15 heavy (non-hydrogen) atoms. The summed E-state index contributed by atoms with van der Waals surface area (Å²) in [5.74, 6) is 0. The average molecular weight is 212 g/mol. The van der Waals surface area contributed by atoms with Crippen LogP contribution in [0.2, 0.25) is 0 Å². The molecule has 2 heteroatoms. The summed E-state index contributed by atoms with van der Waals surface area (Å²) in [5, 5.41) is 3.67. The Hall–Kier alpha value is -0.0800. The number of rotatable bonds is 6. The topological polar surface area (TPSA) is 15.3 Å². The molecule has 1 rings (SSSR count). The van der Waals surface area contributed by atoms with Gasteiger partial charge in [-0.1, -0.05) is 20.3 Å². The number of hydrogen-bond acceptors (Lipinski definition) is 2. The van der Waals surface area contributed by atoms with E-state index in [1.807, 2.05) is 0 Å². The molecule has 0 spiro atoms. The summed E-state index contributed by atoms with van der Waals surface area (Å²) in [5.41, 5.74) is 0. The second kappa shape index (κ2) is 7.24. The maximum atomic E-state index is 3.67. The first kappa shape index (κ1) is 13.0. The summed E-state index contributed by atoms with van der Waals surface area (Å²) in [4.78, 5) is 2.67. The molecule has 0 radical (unpaired) electrons. The van der Waals surface area contributed by atoms with E-state index < -0.39 is 0 Å². The van der Waals surface area contributed by atoms with Crippen LogP contribution in [0.25, 0.3) is 0 Å². The van der Waals surface area contributed by atoms with Crippen LogP contribution in [0.5, 0.6) is 0 Å². The van der Waals surface area contributed by atoms with Crippen molar-refractivity contribution in [3.8, 4) is 0 Å². The van der Waals surface area contributed by atoms with Gasteiger partial charge in [-0.3, -0.25) is 4.90 Å². The van der Waals surface area contributed by atoms with E-state index in [0.717, 1.165) is 6.54 Å². The Morgan fingerprint density at radius 2 is 1.80 bits per heavy atom. The van der Waals surface area contributed by atoms with Crippen LogP contribution < -0.4 is 5.32 Å². The summed E-state index contributed by atoms with van der Waals surface area (Å²) < 4.78 is 0. The highest BCUT2D eigenvalue weighted by molar-refractivity contribution is 4.81. The lowest BCUT2D eigenvalue weighted by Gasteiger charge is -2.37. The fourth-order valence-electron chi connectivity index (χ4n) is 2.57. The minimum Gasteiger partial charge on any atom is -0.312 e. The van der Waals surface area contributed by atoms with E-state index in [0.29, 0.717) is 12.1 Å². The maximum Gasteiger partial charge on any atom is 0.0220 e. The normalized spacial score (nSPS) is 22.6. The van der Waals surface area contributed by atoms with E-state index in [9.17, 15) is 0 Å². The predicted octanol–water partition coefficient (Wildman–Crippen LogP) is 2.64. The molecular weight excluding hydrogens is 184 g/mol. The summed E-state index contributed by atoms with van der Waals surface area (Å²) >= 11 is 0. The van der Waals surface area contributed by atoms with E-state index in [1.165, 1.54) is 45.2 Å². The average Bonchev–Trinajstić information content (AvgIpc) is 2.31. The molecule has 2 unspecified atom stereocenters. The first-order chi connectivity index (χ1) is 7.29. The lowest BCUT2D eigenvalue weighted by atomic mass is 10.0. The van der Waals surface area contributed by atoms with Gasteiger partial charge in [0.1, 0.15) is 0 Å². The molecule has 2 atom stereocenters. The zero-order chi connectivity index (χ0) is 11.1. The van der Waals surface area contributed by atoms with Gasteiger partial charge in [-0.2, -0.15) is 0 Å². The molecule has 0 aromatic carbocycles. The van der Waals surface area contributed by atoms with Gasteiger partial charge >= 0.3 is 0 Å². The van der Waals surface area contributed by atoms with Crippen LogP contribution in [-0.2, 0) is 0 Å². The zero-order valence-corrected chi connectivity index (χ0v) is 10.8. The van der Waals surface area contributed by atoms with Crippen LogP contribution in [0.3, 0.4) is 0 Å². The van der Waals surface area contributed by atoms with Gasteiger partial charge in [0, 0.05) is 12.1 Å². The van der Waals surface area contributed by atoms with Gasteiger partial charge in [-0.05, 0) is 52.2 Å². The van der Waals surface area contributed by atoms with Crippen molar-refractivity contribution in [3.05, 3.63) is 0 Å². The second-order valence-electron chi connectivity index (χ2n) is 4.81. The maximum absolute atomic E-state index is 3.67. The lowest BCUT2D eigenvalue weighted by Crippen LogP contribution is -2.50. The van der Waals surface area contributed by atoms with Crippen molar-refractivity contribution in [2.45, 2.75) is 65.0 Å². The van der Waals surface area contributed by atoms with Crippen LogP contribution in [0.15, 0.2) is 0 Å². The van der Waals surface area contributed by atoms with Crippen molar-refractivity contribution >= 4 is 0 Å². The Morgan fingerprint density at radius 1 is 1.13 bits per heavy atom. The zero-order valence-electron chi connectivity index (χ0n) is 10.8. The highest BCUT2D eigenvalue weighted by atomic mass is 15.2. The Morgan fingerprint density at radius 3 is 2.33 bits per heavy atom. The van der Waals surface area contributed by atoms with Gasteiger partial charge in [0.25, 0.3) is 0 Å². The van der Waals surface area contributed by atoms with Crippen LogP contribution in [0, 0.1) is 0 Å². The van der Waals surface area contributed by atoms with Crippen LogP contribution in [0.1, 0.15) is 52.9 Å². The van der Waals surface area contributed by atoms with Gasteiger partial charge in [0.05, 0.1) is 0 Å². The molecule has 0 bridgehead atoms. The molecule has 1 saturated heterocycles. The van der Waals surface area contributed by atoms with E-state index in [4.69, 9.17) is 0 Å². The minimum absolute atomic E-state index is 0.683. The van der Waals surface area contributed by atoms with Crippen molar-refractivity contribution in [2.75, 3.05) is 19.6 Å². The van der Waals surface area contributed by atoms with E-state index in [2.05, 4.69) is 31.0 Å². The molecule has 0 amide bonds. The molecule has 1 fully saturated rings. The number of nitrogens with zero attached hydrogens (tertiary/aromatic N) is 1. The molecule has 1 aliphatic heterocycles. The molecule has 90 valence electrons. The van der Waals surface area contributed by atoms with Gasteiger partial charge in [-0.25, -0.2) is 0 Å². The van der Waals surface area contributed by atoms with E-state index >= 15 is 0 Å². The smallest absolute Gasteiger partial charge is 0.0220 e. The lowest BCUT2D eigenvalue weighted by molar-refractivity contribution is 0.139. The molecular formula is C13H28N2. The Labute approximate surface area is 95.4 Å². The third-order valence-corrected chi connectivity index (χ3v) is 3.65. The fraction of sp³-hybridized carbons (Fsp3) is 1.00. The monoisotopic (exact) mass is 212 g/mol. The number of nitrogens with one attached hydrogen (secondary N) is 1. The van der Waals surface area contributed by atoms with E-state index in [1.54, 1.807) is 0 Å². The predicted molar refractivity (Wildman–Crippen MR) is 67.3 cm³/mol. The van der Waals surface area contributed by atoms with Crippen molar-refractivity contribution < 1.29 is 0 Å².